The summed E-state index contributed by atoms with van der Waals surface area (Å²) in [5, 5.41) is 11.4. The van der Waals surface area contributed by atoms with Gasteiger partial charge in [-0.25, -0.2) is 4.79 Å². The fourth-order valence-corrected chi connectivity index (χ4v) is 3.64. The maximum Gasteiger partial charge on any atom is 0.323 e. The van der Waals surface area contributed by atoms with Crippen molar-refractivity contribution in [2.45, 2.75) is 26.3 Å². The first-order valence-corrected chi connectivity index (χ1v) is 10.6. The van der Waals surface area contributed by atoms with E-state index in [4.69, 9.17) is 5.11 Å². The molecule has 1 heterocycles. The van der Waals surface area contributed by atoms with Crippen molar-refractivity contribution in [2.24, 2.45) is 0 Å². The molecule has 0 saturated carbocycles. The minimum Gasteiger partial charge on any atom is -0.481 e. The normalized spacial score (nSPS) is 15.6. The number of aliphatic carboxylic acids is 1. The molecule has 176 valence electrons. The molecule has 3 rings (SSSR count). The molecule has 3 amide bonds. The molecule has 34 heavy (non-hydrogen) atoms. The van der Waals surface area contributed by atoms with Crippen LogP contribution in [-0.2, 0) is 14.4 Å². The van der Waals surface area contributed by atoms with E-state index < -0.39 is 29.7 Å². The minimum absolute atomic E-state index is 0.0635. The Bertz CT molecular complexity index is 1190. The molecule has 9 heteroatoms. The second-order valence-electron chi connectivity index (χ2n) is 7.96. The minimum atomic E-state index is -1.44. The summed E-state index contributed by atoms with van der Waals surface area (Å²) in [6.45, 7) is 2.87. The highest BCUT2D eigenvalue weighted by Gasteiger charge is 2.41. The van der Waals surface area contributed by atoms with E-state index in [1.165, 1.54) is 25.1 Å². The SMILES string of the molecule is CC(=O)c1ccc(-c2cccc(N(C(=O)NCCC(=O)O)C3C(=O)C(C)=CN(C)C3=O)c2)cc1. The van der Waals surface area contributed by atoms with Gasteiger partial charge in [-0.3, -0.25) is 24.1 Å². The largest absolute Gasteiger partial charge is 0.481 e. The van der Waals surface area contributed by atoms with E-state index in [1.807, 2.05) is 0 Å². The van der Waals surface area contributed by atoms with Crippen LogP contribution in [0.3, 0.4) is 0 Å². The lowest BCUT2D eigenvalue weighted by atomic mass is 9.98. The molecule has 0 bridgehead atoms. The molecule has 1 aliphatic rings. The van der Waals surface area contributed by atoms with E-state index in [-0.39, 0.29) is 24.4 Å². The highest BCUT2D eigenvalue weighted by atomic mass is 16.4. The van der Waals surface area contributed by atoms with Gasteiger partial charge in [0.1, 0.15) is 0 Å². The third-order valence-corrected chi connectivity index (χ3v) is 5.45. The van der Waals surface area contributed by atoms with Crippen molar-refractivity contribution in [3.63, 3.8) is 0 Å². The number of rotatable bonds is 7. The number of anilines is 1. The lowest BCUT2D eigenvalue weighted by Crippen LogP contribution is -2.58. The molecule has 0 radical (unpaired) electrons. The first kappa shape index (κ1) is 24.4. The van der Waals surface area contributed by atoms with E-state index in [0.717, 1.165) is 10.5 Å². The van der Waals surface area contributed by atoms with Crippen molar-refractivity contribution < 1.29 is 29.1 Å². The predicted octanol–water partition coefficient (Wildman–Crippen LogP) is 2.86. The summed E-state index contributed by atoms with van der Waals surface area (Å²) in [6.07, 6.45) is 1.10. The topological polar surface area (TPSA) is 124 Å². The van der Waals surface area contributed by atoms with E-state index in [9.17, 15) is 24.0 Å². The highest BCUT2D eigenvalue weighted by Crippen LogP contribution is 2.29. The maximum atomic E-state index is 13.1. The van der Waals surface area contributed by atoms with Crippen LogP contribution in [0.2, 0.25) is 0 Å². The first-order valence-electron chi connectivity index (χ1n) is 10.6. The van der Waals surface area contributed by atoms with Crippen LogP contribution in [0.1, 0.15) is 30.6 Å². The van der Waals surface area contributed by atoms with Gasteiger partial charge in [0.25, 0.3) is 5.91 Å². The molecule has 1 unspecified atom stereocenters. The summed E-state index contributed by atoms with van der Waals surface area (Å²) >= 11 is 0. The van der Waals surface area contributed by atoms with E-state index >= 15 is 0 Å². The average molecular weight is 463 g/mol. The van der Waals surface area contributed by atoms with Crippen molar-refractivity contribution >= 4 is 35.2 Å². The fourth-order valence-electron chi connectivity index (χ4n) is 3.64. The van der Waals surface area contributed by atoms with E-state index in [1.54, 1.807) is 55.5 Å². The van der Waals surface area contributed by atoms with Crippen LogP contribution in [-0.4, -0.2) is 59.1 Å². The zero-order valence-electron chi connectivity index (χ0n) is 19.1. The average Bonchev–Trinajstić information content (AvgIpc) is 2.80. The Labute approximate surface area is 196 Å². The molecule has 0 fully saturated rings. The van der Waals surface area contributed by atoms with E-state index in [0.29, 0.717) is 16.7 Å². The van der Waals surface area contributed by atoms with E-state index in [2.05, 4.69) is 5.32 Å². The fraction of sp³-hybridized carbons (Fsp3) is 0.240. The second kappa shape index (κ2) is 10.1. The van der Waals surface area contributed by atoms with Crippen LogP contribution < -0.4 is 10.2 Å². The third kappa shape index (κ3) is 5.20. The van der Waals surface area contributed by atoms with Crippen molar-refractivity contribution in [3.05, 3.63) is 65.9 Å². The summed E-state index contributed by atoms with van der Waals surface area (Å²) < 4.78 is 0. The van der Waals surface area contributed by atoms with Gasteiger partial charge in [0.05, 0.1) is 6.42 Å². The Kier molecular flexibility index (Phi) is 7.25. The number of urea groups is 1. The number of nitrogens with zero attached hydrogens (tertiary/aromatic N) is 2. The summed E-state index contributed by atoms with van der Waals surface area (Å²) in [7, 11) is 1.50. The summed E-state index contributed by atoms with van der Waals surface area (Å²) in [4.78, 5) is 63.8. The maximum absolute atomic E-state index is 13.1. The Morgan fingerprint density at radius 3 is 2.35 bits per heavy atom. The number of carbonyl (C=O) groups is 5. The first-order chi connectivity index (χ1) is 16.1. The molecular formula is C25H25N3O6. The lowest BCUT2D eigenvalue weighted by molar-refractivity contribution is -0.137. The van der Waals surface area contributed by atoms with Gasteiger partial charge in [-0.05, 0) is 37.1 Å². The second-order valence-corrected chi connectivity index (χ2v) is 7.96. The quantitative estimate of drug-likeness (QED) is 0.481. The number of carboxylic acids is 1. The molecule has 2 aromatic carbocycles. The van der Waals surface area contributed by atoms with Gasteiger partial charge in [0, 0.05) is 36.6 Å². The molecule has 2 N–H and O–H groups in total. The monoisotopic (exact) mass is 463 g/mol. The van der Waals surface area contributed by atoms with Gasteiger partial charge in [-0.15, -0.1) is 0 Å². The van der Waals surface area contributed by atoms with Crippen LogP contribution in [0.5, 0.6) is 0 Å². The van der Waals surface area contributed by atoms with Gasteiger partial charge >= 0.3 is 12.0 Å². The molecule has 0 saturated heterocycles. The predicted molar refractivity (Wildman–Crippen MR) is 125 cm³/mol. The van der Waals surface area contributed by atoms with Crippen molar-refractivity contribution in [1.29, 1.82) is 0 Å². The standard InChI is InChI=1S/C25H25N3O6/c1-15-14-27(3)24(33)22(23(15)32)28(25(34)26-12-11-21(30)31)20-6-4-5-19(13-20)18-9-7-17(8-10-18)16(2)29/h4-10,13-14,22H,11-12H2,1-3H3,(H,26,34)(H,30,31). The number of benzene rings is 2. The highest BCUT2D eigenvalue weighted by molar-refractivity contribution is 6.21. The summed E-state index contributed by atoms with van der Waals surface area (Å²) in [6, 6.07) is 11.5. The van der Waals surface area contributed by atoms with Crippen LogP contribution in [0.4, 0.5) is 10.5 Å². The van der Waals surface area contributed by atoms with Crippen molar-refractivity contribution in [3.8, 4) is 11.1 Å². The number of hydrogen-bond donors (Lipinski definition) is 2. The summed E-state index contributed by atoms with van der Waals surface area (Å²) in [5.74, 6) is -2.26. The van der Waals surface area contributed by atoms with Crippen LogP contribution in [0.15, 0.2) is 60.3 Å². The third-order valence-electron chi connectivity index (χ3n) is 5.45. The van der Waals surface area contributed by atoms with Gasteiger partial charge in [-0.2, -0.15) is 0 Å². The molecular weight excluding hydrogens is 438 g/mol. The van der Waals surface area contributed by atoms with Gasteiger partial charge < -0.3 is 15.3 Å². The number of ketones is 2. The molecule has 0 aliphatic carbocycles. The molecule has 2 aromatic rings. The Morgan fingerprint density at radius 2 is 1.74 bits per heavy atom. The van der Waals surface area contributed by atoms with Gasteiger partial charge in [0.15, 0.2) is 17.6 Å². The van der Waals surface area contributed by atoms with Crippen LogP contribution >= 0.6 is 0 Å². The molecule has 1 atom stereocenters. The molecule has 0 aromatic heterocycles. The van der Waals surface area contributed by atoms with Gasteiger partial charge in [-0.1, -0.05) is 36.4 Å². The smallest absolute Gasteiger partial charge is 0.323 e. The van der Waals surface area contributed by atoms with Crippen LogP contribution in [0.25, 0.3) is 11.1 Å². The number of nitrogens with one attached hydrogen (secondary N) is 1. The molecule has 1 aliphatic heterocycles. The number of amides is 3. The Morgan fingerprint density at radius 1 is 1.06 bits per heavy atom. The van der Waals surface area contributed by atoms with Crippen LogP contribution in [0, 0.1) is 0 Å². The molecule has 0 spiro atoms. The summed E-state index contributed by atoms with van der Waals surface area (Å²) in [5.41, 5.74) is 2.63. The zero-order valence-corrected chi connectivity index (χ0v) is 19.1. The number of carboxylic acid groups (broad SMARTS) is 1. The number of Topliss-reactive ketones (excluding diaryl/α,β-unsaturated/α-hetero) is 2. The number of carbonyl (C=O) groups excluding carboxylic acids is 4. The lowest BCUT2D eigenvalue weighted by Gasteiger charge is -2.34. The molecule has 9 nitrogen and oxygen atoms in total. The van der Waals surface area contributed by atoms with Crippen molar-refractivity contribution in [1.82, 2.24) is 10.2 Å². The number of likely N-dealkylation sites (N-methyl/N-ethyl adjacent to an activating group) is 1. The Hall–Kier alpha value is -4.27. The van der Waals surface area contributed by atoms with Gasteiger partial charge in [0.2, 0.25) is 0 Å². The van der Waals surface area contributed by atoms with Crippen molar-refractivity contribution in [2.75, 3.05) is 18.5 Å². The number of hydrogen-bond acceptors (Lipinski definition) is 5. The zero-order chi connectivity index (χ0) is 25.0. The Balaban J connectivity index is 2.03.